The summed E-state index contributed by atoms with van der Waals surface area (Å²) in [5.41, 5.74) is 0.672. The Morgan fingerprint density at radius 2 is 2.07 bits per heavy atom. The summed E-state index contributed by atoms with van der Waals surface area (Å²) in [4.78, 5) is 17.5. The van der Waals surface area contributed by atoms with E-state index < -0.39 is 0 Å². The Kier molecular flexibility index (Phi) is 3.02. The first-order valence-corrected chi connectivity index (χ1v) is 6.82. The van der Waals surface area contributed by atoms with Crippen LogP contribution in [0.4, 0.5) is 0 Å². The van der Waals surface area contributed by atoms with Crippen LogP contribution in [0.25, 0.3) is 0 Å². The lowest BCUT2D eigenvalue weighted by molar-refractivity contribution is -0.114. The molecule has 2 heterocycles. The number of carbonyl (C=O) groups excluding carboxylic acids is 1. The van der Waals surface area contributed by atoms with E-state index in [0.29, 0.717) is 11.5 Å². The van der Waals surface area contributed by atoms with Crippen molar-refractivity contribution in [1.29, 1.82) is 0 Å². The number of amidine groups is 1. The lowest BCUT2D eigenvalue weighted by Crippen LogP contribution is -2.21. The van der Waals surface area contributed by atoms with Gasteiger partial charge in [0, 0.05) is 6.20 Å². The lowest BCUT2D eigenvalue weighted by atomic mass is 10.3. The fraction of sp³-hybridized carbons (Fsp3) is 0.200. The highest BCUT2D eigenvalue weighted by Crippen LogP contribution is 2.33. The number of carbonyl (C=O) groups is 1. The third-order valence-corrected chi connectivity index (χ3v) is 4.19. The van der Waals surface area contributed by atoms with Crippen LogP contribution in [0.3, 0.4) is 0 Å². The van der Waals surface area contributed by atoms with Crippen molar-refractivity contribution in [3.05, 3.63) is 34.4 Å². The summed E-state index contributed by atoms with van der Waals surface area (Å²) in [5.74, 6) is 0.554. The Morgan fingerprint density at radius 3 is 2.73 bits per heavy atom. The van der Waals surface area contributed by atoms with Crippen LogP contribution < -0.4 is 0 Å². The molecular formula is C10H10N2OS2. The van der Waals surface area contributed by atoms with Gasteiger partial charge in [-0.2, -0.15) is 4.99 Å². The van der Waals surface area contributed by atoms with E-state index in [-0.39, 0.29) is 5.91 Å². The van der Waals surface area contributed by atoms with Gasteiger partial charge in [-0.05, 0) is 24.7 Å². The van der Waals surface area contributed by atoms with Crippen LogP contribution in [0, 0.1) is 0 Å². The molecule has 0 atom stereocenters. The molecule has 2 aliphatic heterocycles. The molecule has 3 nitrogen and oxygen atoms in total. The van der Waals surface area contributed by atoms with Gasteiger partial charge in [0.15, 0.2) is 0 Å². The van der Waals surface area contributed by atoms with E-state index in [1.165, 1.54) is 0 Å². The molecule has 0 radical (unpaired) electrons. The highest BCUT2D eigenvalue weighted by molar-refractivity contribution is 8.21. The number of aliphatic imine (C=N–C) groups is 1. The summed E-state index contributed by atoms with van der Waals surface area (Å²) in [5, 5.41) is 0. The summed E-state index contributed by atoms with van der Waals surface area (Å²) >= 11 is 3.15. The molecule has 0 N–H and O–H groups in total. The molecule has 0 fully saturated rings. The van der Waals surface area contributed by atoms with Crippen molar-refractivity contribution in [3.8, 4) is 0 Å². The number of hydrogen-bond acceptors (Lipinski definition) is 4. The molecule has 0 spiro atoms. The van der Waals surface area contributed by atoms with Gasteiger partial charge in [0.2, 0.25) is 0 Å². The van der Waals surface area contributed by atoms with Gasteiger partial charge in [0.05, 0.1) is 4.24 Å². The Labute approximate surface area is 97.0 Å². The van der Waals surface area contributed by atoms with Crippen molar-refractivity contribution in [2.24, 2.45) is 4.99 Å². The third kappa shape index (κ3) is 1.77. The number of amides is 1. The quantitative estimate of drug-likeness (QED) is 0.690. The number of hydrogen-bond donors (Lipinski definition) is 0. The third-order valence-electron chi connectivity index (χ3n) is 2.06. The molecule has 0 aromatic carbocycles. The summed E-state index contributed by atoms with van der Waals surface area (Å²) in [7, 11) is 0. The molecule has 0 saturated heterocycles. The van der Waals surface area contributed by atoms with Crippen molar-refractivity contribution >= 4 is 35.3 Å². The molecule has 15 heavy (non-hydrogen) atoms. The minimum absolute atomic E-state index is 0.153. The molecule has 78 valence electrons. The first-order valence-electron chi connectivity index (χ1n) is 4.37. The average molecular weight is 238 g/mol. The average Bonchev–Trinajstić information content (AvgIpc) is 2.58. The zero-order chi connectivity index (χ0) is 10.8. The second-order valence-electron chi connectivity index (χ2n) is 2.89. The second kappa shape index (κ2) is 4.28. The lowest BCUT2D eigenvalue weighted by Gasteiger charge is -2.18. The van der Waals surface area contributed by atoms with Gasteiger partial charge in [-0.3, -0.25) is 9.69 Å². The number of rotatable bonds is 2. The fourth-order valence-electron chi connectivity index (χ4n) is 1.44. The molecule has 1 amide bonds. The molecular weight excluding hydrogens is 228 g/mol. The van der Waals surface area contributed by atoms with Gasteiger partial charge in [0.25, 0.3) is 5.91 Å². The summed E-state index contributed by atoms with van der Waals surface area (Å²) in [6.45, 7) is 0. The summed E-state index contributed by atoms with van der Waals surface area (Å²) in [6.07, 6.45) is 11.4. The van der Waals surface area contributed by atoms with Gasteiger partial charge >= 0.3 is 0 Å². The van der Waals surface area contributed by atoms with Crippen LogP contribution in [0.5, 0.6) is 0 Å². The monoisotopic (exact) mass is 238 g/mol. The molecule has 5 heteroatoms. The molecule has 2 aliphatic rings. The van der Waals surface area contributed by atoms with E-state index in [9.17, 15) is 4.79 Å². The first-order chi connectivity index (χ1) is 7.27. The van der Waals surface area contributed by atoms with E-state index in [1.54, 1.807) is 23.5 Å². The van der Waals surface area contributed by atoms with Crippen molar-refractivity contribution in [2.45, 2.75) is 0 Å². The van der Waals surface area contributed by atoms with E-state index in [2.05, 4.69) is 4.99 Å². The minimum atomic E-state index is -0.153. The number of fused-ring (bicyclic) bond motifs is 1. The minimum Gasteiger partial charge on any atom is -0.295 e. The van der Waals surface area contributed by atoms with E-state index in [4.69, 9.17) is 0 Å². The van der Waals surface area contributed by atoms with Gasteiger partial charge in [0.1, 0.15) is 11.5 Å². The topological polar surface area (TPSA) is 32.7 Å². The highest BCUT2D eigenvalue weighted by atomic mass is 32.2. The van der Waals surface area contributed by atoms with Crippen molar-refractivity contribution < 1.29 is 4.79 Å². The van der Waals surface area contributed by atoms with E-state index in [1.807, 2.05) is 41.8 Å². The van der Waals surface area contributed by atoms with E-state index >= 15 is 0 Å². The molecule has 0 unspecified atom stereocenters. The predicted molar refractivity (Wildman–Crippen MR) is 66.6 cm³/mol. The maximum absolute atomic E-state index is 11.7. The zero-order valence-corrected chi connectivity index (χ0v) is 10.1. The van der Waals surface area contributed by atoms with Crippen molar-refractivity contribution in [3.63, 3.8) is 0 Å². The fourth-order valence-corrected chi connectivity index (χ4v) is 2.86. The van der Waals surface area contributed by atoms with Gasteiger partial charge in [-0.25, -0.2) is 0 Å². The van der Waals surface area contributed by atoms with Crippen molar-refractivity contribution in [2.75, 3.05) is 12.5 Å². The van der Waals surface area contributed by atoms with Gasteiger partial charge in [-0.1, -0.05) is 6.08 Å². The molecule has 0 bridgehead atoms. The maximum atomic E-state index is 11.7. The Balaban J connectivity index is 2.45. The Hall–Kier alpha value is -0.940. The van der Waals surface area contributed by atoms with Crippen LogP contribution in [0.15, 0.2) is 39.4 Å². The Bertz CT molecular complexity index is 415. The summed E-state index contributed by atoms with van der Waals surface area (Å²) in [6, 6.07) is 0. The molecule has 2 rings (SSSR count). The van der Waals surface area contributed by atoms with Gasteiger partial charge < -0.3 is 0 Å². The maximum Gasteiger partial charge on any atom is 0.297 e. The standard InChI is InChI=1S/C10H10N2OS2/c1-14-10(15-2)8-9(13)11-7-5-3-4-6-12(7)8/h3-6H,1-2H3. The molecule has 0 aliphatic carbocycles. The van der Waals surface area contributed by atoms with E-state index in [0.717, 1.165) is 4.24 Å². The number of nitrogens with zero attached hydrogens (tertiary/aromatic N) is 2. The van der Waals surface area contributed by atoms with Crippen LogP contribution in [-0.2, 0) is 4.79 Å². The van der Waals surface area contributed by atoms with Crippen LogP contribution in [0.1, 0.15) is 0 Å². The number of allylic oxidation sites excluding steroid dienone is 2. The predicted octanol–water partition coefficient (Wildman–Crippen LogP) is 2.21. The molecule has 0 saturated carbocycles. The smallest absolute Gasteiger partial charge is 0.295 e. The Morgan fingerprint density at radius 1 is 1.33 bits per heavy atom. The van der Waals surface area contributed by atoms with Gasteiger partial charge in [-0.15, -0.1) is 23.5 Å². The van der Waals surface area contributed by atoms with Crippen LogP contribution in [-0.4, -0.2) is 29.2 Å². The highest BCUT2D eigenvalue weighted by Gasteiger charge is 2.30. The molecule has 0 aromatic heterocycles. The SMILES string of the molecule is CSC(SC)=C1C(=O)N=C2C=CC=CN21. The number of thioether (sulfide) groups is 2. The normalized spacial score (nSPS) is 18.3. The second-order valence-corrected chi connectivity index (χ2v) is 4.78. The largest absolute Gasteiger partial charge is 0.297 e. The zero-order valence-electron chi connectivity index (χ0n) is 8.43. The van der Waals surface area contributed by atoms with Crippen molar-refractivity contribution in [1.82, 2.24) is 4.90 Å². The summed E-state index contributed by atoms with van der Waals surface area (Å²) < 4.78 is 0.999. The molecule has 0 aromatic rings. The van der Waals surface area contributed by atoms with Crippen LogP contribution in [0.2, 0.25) is 0 Å². The van der Waals surface area contributed by atoms with Crippen LogP contribution >= 0.6 is 23.5 Å². The first kappa shape index (κ1) is 10.6.